The van der Waals surface area contributed by atoms with Crippen molar-refractivity contribution in [3.8, 4) is 0 Å². The highest BCUT2D eigenvalue weighted by Gasteiger charge is 2.55. The van der Waals surface area contributed by atoms with Crippen molar-refractivity contribution in [3.63, 3.8) is 0 Å². The largest absolute Gasteiger partial charge is 0.313 e. The van der Waals surface area contributed by atoms with Crippen LogP contribution in [0.4, 0.5) is 0 Å². The van der Waals surface area contributed by atoms with Crippen molar-refractivity contribution in [2.75, 3.05) is 0 Å². The average Bonchev–Trinajstić information content (AvgIpc) is 2.24. The summed E-state index contributed by atoms with van der Waals surface area (Å²) in [6.07, 6.45) is 0.715. The summed E-state index contributed by atoms with van der Waals surface area (Å²) in [6.45, 7) is 13.7. The molecule has 0 aromatic rings. The van der Waals surface area contributed by atoms with Gasteiger partial charge in [-0.25, -0.2) is 0 Å². The van der Waals surface area contributed by atoms with Gasteiger partial charge in [0.05, 0.1) is 5.54 Å². The molecule has 0 bridgehead atoms. The zero-order valence-corrected chi connectivity index (χ0v) is 11.6. The zero-order chi connectivity index (χ0) is 12.9. The van der Waals surface area contributed by atoms with Gasteiger partial charge in [0.15, 0.2) is 0 Å². The molecular weight excluding hydrogens is 202 g/mol. The molecule has 3 nitrogen and oxygen atoms in total. The van der Waals surface area contributed by atoms with Crippen LogP contribution in [0.3, 0.4) is 0 Å². The number of ketones is 1. The Labute approximate surface area is 98.8 Å². The van der Waals surface area contributed by atoms with Crippen LogP contribution < -0.4 is 0 Å². The van der Waals surface area contributed by atoms with E-state index in [2.05, 4.69) is 0 Å². The number of rotatable bonds is 1. The Bertz CT molecular complexity index is 300. The summed E-state index contributed by atoms with van der Waals surface area (Å²) in [4.78, 5) is 12.4. The van der Waals surface area contributed by atoms with Crippen molar-refractivity contribution < 1.29 is 10.0 Å². The van der Waals surface area contributed by atoms with Crippen molar-refractivity contribution in [1.29, 1.82) is 0 Å². The fourth-order valence-corrected chi connectivity index (χ4v) is 2.70. The smallest absolute Gasteiger partial charge is 0.143 e. The Kier molecular flexibility index (Phi) is 3.02. The highest BCUT2D eigenvalue weighted by atomic mass is 16.5. The number of hydroxylamine groups is 2. The van der Waals surface area contributed by atoms with Gasteiger partial charge in [-0.1, -0.05) is 20.8 Å². The van der Waals surface area contributed by atoms with E-state index in [1.54, 1.807) is 0 Å². The van der Waals surface area contributed by atoms with E-state index in [9.17, 15) is 10.0 Å². The second-order valence-corrected chi connectivity index (χ2v) is 7.15. The van der Waals surface area contributed by atoms with Crippen molar-refractivity contribution in [3.05, 3.63) is 0 Å². The summed E-state index contributed by atoms with van der Waals surface area (Å²) in [5.74, 6) is 0.134. The summed E-state index contributed by atoms with van der Waals surface area (Å²) in [7, 11) is 0. The third kappa shape index (κ3) is 2.03. The first-order chi connectivity index (χ1) is 6.90. The molecule has 0 aromatic carbocycles. The lowest BCUT2D eigenvalue weighted by Crippen LogP contribution is -2.49. The first-order valence-electron chi connectivity index (χ1n) is 5.94. The van der Waals surface area contributed by atoms with Gasteiger partial charge < -0.3 is 5.21 Å². The minimum absolute atomic E-state index is 0.104. The summed E-state index contributed by atoms with van der Waals surface area (Å²) < 4.78 is 0. The van der Waals surface area contributed by atoms with Crippen molar-refractivity contribution in [1.82, 2.24) is 5.06 Å². The Balaban J connectivity index is 3.06. The van der Waals surface area contributed by atoms with Crippen LogP contribution in [-0.4, -0.2) is 27.1 Å². The highest BCUT2D eigenvalue weighted by molar-refractivity contribution is 5.87. The van der Waals surface area contributed by atoms with Crippen LogP contribution in [-0.2, 0) is 4.79 Å². The molecule has 1 rings (SSSR count). The average molecular weight is 227 g/mol. The molecule has 0 saturated carbocycles. The molecular formula is C13H25NO2. The molecule has 16 heavy (non-hydrogen) atoms. The Morgan fingerprint density at radius 2 is 1.69 bits per heavy atom. The van der Waals surface area contributed by atoms with Crippen LogP contribution in [0.15, 0.2) is 0 Å². The van der Waals surface area contributed by atoms with Crippen LogP contribution in [0.1, 0.15) is 54.9 Å². The molecule has 1 aliphatic heterocycles. The second-order valence-electron chi connectivity index (χ2n) is 7.15. The molecule has 0 aromatic heterocycles. The van der Waals surface area contributed by atoms with Crippen LogP contribution >= 0.6 is 0 Å². The molecule has 94 valence electrons. The quantitative estimate of drug-likeness (QED) is 0.749. The molecule has 1 unspecified atom stereocenters. The van der Waals surface area contributed by atoms with Crippen LogP contribution in [0.25, 0.3) is 0 Å². The fourth-order valence-electron chi connectivity index (χ4n) is 2.70. The van der Waals surface area contributed by atoms with Crippen LogP contribution in [0, 0.1) is 11.3 Å². The van der Waals surface area contributed by atoms with Crippen molar-refractivity contribution in [2.45, 2.75) is 66.0 Å². The monoisotopic (exact) mass is 227 g/mol. The summed E-state index contributed by atoms with van der Waals surface area (Å²) in [5.41, 5.74) is -1.15. The Morgan fingerprint density at radius 1 is 1.25 bits per heavy atom. The van der Waals surface area contributed by atoms with Gasteiger partial charge in [0.25, 0.3) is 0 Å². The standard InChI is InChI=1S/C13H25NO2/c1-11(2,3)10(15)9-8-12(4,5)14(16)13(9,6)7/h9,16H,8H2,1-7H3. The van der Waals surface area contributed by atoms with E-state index in [-0.39, 0.29) is 22.7 Å². The van der Waals surface area contributed by atoms with Crippen LogP contribution in [0.5, 0.6) is 0 Å². The maximum atomic E-state index is 12.4. The van der Waals surface area contributed by atoms with Crippen molar-refractivity contribution >= 4 is 5.78 Å². The number of nitrogens with zero attached hydrogens (tertiary/aromatic N) is 1. The fraction of sp³-hybridized carbons (Fsp3) is 0.923. The molecule has 1 heterocycles. The van der Waals surface area contributed by atoms with Gasteiger partial charge in [-0.05, 0) is 34.1 Å². The van der Waals surface area contributed by atoms with Gasteiger partial charge >= 0.3 is 0 Å². The summed E-state index contributed by atoms with van der Waals surface area (Å²) >= 11 is 0. The van der Waals surface area contributed by atoms with E-state index in [1.807, 2.05) is 48.5 Å². The van der Waals surface area contributed by atoms with Gasteiger partial charge in [-0.3, -0.25) is 4.79 Å². The van der Waals surface area contributed by atoms with E-state index in [0.717, 1.165) is 0 Å². The third-order valence-corrected chi connectivity index (χ3v) is 3.73. The second kappa shape index (κ2) is 3.54. The topological polar surface area (TPSA) is 40.5 Å². The Morgan fingerprint density at radius 3 is 1.94 bits per heavy atom. The number of hydrogen-bond acceptors (Lipinski definition) is 3. The highest BCUT2D eigenvalue weighted by Crippen LogP contribution is 2.46. The van der Waals surface area contributed by atoms with E-state index < -0.39 is 5.54 Å². The molecule has 1 aliphatic rings. The lowest BCUT2D eigenvalue weighted by Gasteiger charge is -2.36. The van der Waals surface area contributed by atoms with Gasteiger partial charge in [0, 0.05) is 16.9 Å². The number of carbonyl (C=O) groups excluding carboxylic acids is 1. The number of hydrogen-bond donors (Lipinski definition) is 1. The minimum Gasteiger partial charge on any atom is -0.313 e. The molecule has 3 heteroatoms. The van der Waals surface area contributed by atoms with E-state index in [4.69, 9.17) is 0 Å². The molecule has 0 amide bonds. The lowest BCUT2D eigenvalue weighted by molar-refractivity contribution is -0.197. The summed E-state index contributed by atoms with van der Waals surface area (Å²) in [6, 6.07) is 0. The van der Waals surface area contributed by atoms with Gasteiger partial charge in [0.1, 0.15) is 5.78 Å². The molecule has 1 fully saturated rings. The molecule has 0 aliphatic carbocycles. The maximum Gasteiger partial charge on any atom is 0.143 e. The number of carbonyl (C=O) groups is 1. The van der Waals surface area contributed by atoms with Gasteiger partial charge in [-0.15, -0.1) is 0 Å². The first-order valence-corrected chi connectivity index (χ1v) is 5.94. The van der Waals surface area contributed by atoms with Crippen LogP contribution in [0.2, 0.25) is 0 Å². The molecule has 0 radical (unpaired) electrons. The maximum absolute atomic E-state index is 12.4. The summed E-state index contributed by atoms with van der Waals surface area (Å²) in [5, 5.41) is 11.5. The SMILES string of the molecule is CC(C)(C)C(=O)C1CC(C)(C)N(O)C1(C)C. The third-order valence-electron chi connectivity index (χ3n) is 3.73. The number of Topliss-reactive ketones (excluding diaryl/α,β-unsaturated/α-hetero) is 1. The molecule has 1 atom stereocenters. The van der Waals surface area contributed by atoms with Gasteiger partial charge in [0.2, 0.25) is 0 Å². The van der Waals surface area contributed by atoms with E-state index in [1.165, 1.54) is 5.06 Å². The lowest BCUT2D eigenvalue weighted by atomic mass is 9.74. The van der Waals surface area contributed by atoms with E-state index in [0.29, 0.717) is 6.42 Å². The molecule has 1 saturated heterocycles. The van der Waals surface area contributed by atoms with Crippen molar-refractivity contribution in [2.24, 2.45) is 11.3 Å². The van der Waals surface area contributed by atoms with Gasteiger partial charge in [-0.2, -0.15) is 5.06 Å². The first kappa shape index (κ1) is 13.7. The minimum atomic E-state index is -0.478. The van der Waals surface area contributed by atoms with E-state index >= 15 is 0 Å². The predicted octanol–water partition coefficient (Wildman–Crippen LogP) is 2.87. The predicted molar refractivity (Wildman–Crippen MR) is 64.4 cm³/mol. The molecule has 1 N–H and O–H groups in total. The zero-order valence-electron chi connectivity index (χ0n) is 11.6. The molecule has 0 spiro atoms. The Hall–Kier alpha value is -0.410. The normalized spacial score (nSPS) is 29.4.